The Morgan fingerprint density at radius 2 is 1.93 bits per heavy atom. The maximum atomic E-state index is 12.2. The van der Waals surface area contributed by atoms with Crippen LogP contribution in [-0.4, -0.2) is 23.5 Å². The molecule has 0 amide bonds. The molecule has 2 aromatic rings. The summed E-state index contributed by atoms with van der Waals surface area (Å²) in [4.78, 5) is 23.1. The molecule has 4 nitrogen and oxygen atoms in total. The second kappa shape index (κ2) is 7.26. The normalized spacial score (nSPS) is 20.4. The lowest BCUT2D eigenvalue weighted by Gasteiger charge is -2.34. The number of ketones is 1. The highest BCUT2D eigenvalue weighted by atomic mass is 35.5. The summed E-state index contributed by atoms with van der Waals surface area (Å²) in [5, 5.41) is 9.38. The number of carboxylic acid groups (broad SMARTS) is 1. The Kier molecular flexibility index (Phi) is 4.94. The predicted molar refractivity (Wildman–Crippen MR) is 108 cm³/mol. The summed E-state index contributed by atoms with van der Waals surface area (Å²) in [6.45, 7) is -0.495. The van der Waals surface area contributed by atoms with Crippen LogP contribution in [0.15, 0.2) is 42.5 Å². The molecule has 6 heteroatoms. The first-order valence-electron chi connectivity index (χ1n) is 9.04. The predicted octanol–water partition coefficient (Wildman–Crippen LogP) is 4.99. The van der Waals surface area contributed by atoms with E-state index in [1.807, 2.05) is 18.2 Å². The fraction of sp³-hybridized carbons (Fsp3) is 0.273. The van der Waals surface area contributed by atoms with Crippen LogP contribution in [0, 0.1) is 5.41 Å². The fourth-order valence-electron chi connectivity index (χ4n) is 4.33. The van der Waals surface area contributed by atoms with Gasteiger partial charge in [0.2, 0.25) is 0 Å². The highest BCUT2D eigenvalue weighted by Crippen LogP contribution is 2.57. The Morgan fingerprint density at radius 3 is 2.64 bits per heavy atom. The number of benzene rings is 2. The Hall–Kier alpha value is -2.30. The van der Waals surface area contributed by atoms with Crippen LogP contribution in [0.4, 0.5) is 0 Å². The molecule has 0 bridgehead atoms. The van der Waals surface area contributed by atoms with Crippen LogP contribution in [0.1, 0.15) is 29.5 Å². The van der Waals surface area contributed by atoms with Crippen molar-refractivity contribution in [3.05, 3.63) is 69.2 Å². The van der Waals surface area contributed by atoms with Crippen LogP contribution >= 0.6 is 23.2 Å². The molecule has 1 unspecified atom stereocenters. The van der Waals surface area contributed by atoms with E-state index in [2.05, 4.69) is 12.1 Å². The molecule has 2 aliphatic rings. The fourth-order valence-corrected chi connectivity index (χ4v) is 4.85. The minimum atomic E-state index is -1.09. The molecule has 0 radical (unpaired) electrons. The lowest BCUT2D eigenvalue weighted by atomic mass is 9.69. The number of carbonyl (C=O) groups excluding carboxylic acids is 1. The third-order valence-corrected chi connectivity index (χ3v) is 6.37. The molecule has 0 spiro atoms. The zero-order valence-electron chi connectivity index (χ0n) is 15.0. The number of aliphatic carboxylic acids is 1. The third kappa shape index (κ3) is 3.31. The van der Waals surface area contributed by atoms with Crippen molar-refractivity contribution in [2.75, 3.05) is 6.61 Å². The van der Waals surface area contributed by atoms with Gasteiger partial charge in [-0.25, -0.2) is 4.79 Å². The van der Waals surface area contributed by atoms with E-state index in [1.165, 1.54) is 5.56 Å². The molecule has 4 rings (SSSR count). The molecule has 0 aromatic heterocycles. The number of ether oxygens (including phenoxy) is 1. The van der Waals surface area contributed by atoms with Crippen molar-refractivity contribution >= 4 is 40.5 Å². The zero-order valence-corrected chi connectivity index (χ0v) is 16.5. The number of halogens is 2. The number of carboxylic acids is 1. The van der Waals surface area contributed by atoms with Gasteiger partial charge < -0.3 is 9.84 Å². The van der Waals surface area contributed by atoms with E-state index in [1.54, 1.807) is 12.1 Å². The summed E-state index contributed by atoms with van der Waals surface area (Å²) in [5.74, 6) is -0.742. The van der Waals surface area contributed by atoms with Crippen LogP contribution in [0.25, 0.3) is 5.57 Å². The quantitative estimate of drug-likeness (QED) is 0.745. The molecule has 1 atom stereocenters. The smallest absolute Gasteiger partial charge is 0.341 e. The minimum Gasteiger partial charge on any atom is -0.480 e. The Morgan fingerprint density at radius 1 is 1.18 bits per heavy atom. The molecule has 0 aliphatic heterocycles. The van der Waals surface area contributed by atoms with Crippen LogP contribution in [0.5, 0.6) is 5.75 Å². The highest BCUT2D eigenvalue weighted by Gasteiger charge is 2.46. The maximum absolute atomic E-state index is 12.2. The van der Waals surface area contributed by atoms with Crippen molar-refractivity contribution < 1.29 is 19.4 Å². The second-order valence-electron chi connectivity index (χ2n) is 7.36. The number of fused-ring (bicyclic) bond motifs is 3. The number of hydrogen-bond donors (Lipinski definition) is 1. The molecule has 28 heavy (non-hydrogen) atoms. The Balaban J connectivity index is 1.79. The van der Waals surface area contributed by atoms with Gasteiger partial charge in [0.15, 0.2) is 12.4 Å². The van der Waals surface area contributed by atoms with Gasteiger partial charge in [-0.1, -0.05) is 53.5 Å². The standard InChI is InChI=1S/C22H18Cl2O4/c23-20-17(28-12-18(26)27)8-14-11-22(10-13-4-2-1-3-5-13)7-6-15(25)9-16(22)19(14)21(20)24/h1-5,8-9H,6-7,10-12H2,(H,26,27). The monoisotopic (exact) mass is 416 g/mol. The number of carbonyl (C=O) groups is 2. The van der Waals surface area contributed by atoms with Gasteiger partial charge >= 0.3 is 5.97 Å². The summed E-state index contributed by atoms with van der Waals surface area (Å²) >= 11 is 13.0. The first kappa shape index (κ1) is 19.0. The van der Waals surface area contributed by atoms with Crippen molar-refractivity contribution in [2.24, 2.45) is 5.41 Å². The summed E-state index contributed by atoms with van der Waals surface area (Å²) in [7, 11) is 0. The largest absolute Gasteiger partial charge is 0.480 e. The van der Waals surface area contributed by atoms with E-state index >= 15 is 0 Å². The van der Waals surface area contributed by atoms with Crippen molar-refractivity contribution in [1.82, 2.24) is 0 Å². The Labute approximate surface area is 172 Å². The molecule has 1 N–H and O–H groups in total. The molecule has 0 saturated carbocycles. The number of allylic oxidation sites excluding steroid dienone is 2. The number of rotatable bonds is 5. The maximum Gasteiger partial charge on any atom is 0.341 e. The van der Waals surface area contributed by atoms with Gasteiger partial charge in [0, 0.05) is 17.4 Å². The highest BCUT2D eigenvalue weighted by molar-refractivity contribution is 6.44. The molecule has 2 aliphatic carbocycles. The average molecular weight is 417 g/mol. The van der Waals surface area contributed by atoms with Crippen LogP contribution in [0.3, 0.4) is 0 Å². The summed E-state index contributed by atoms with van der Waals surface area (Å²) < 4.78 is 5.33. The van der Waals surface area contributed by atoms with Gasteiger partial charge in [0.05, 0.1) is 5.02 Å². The van der Waals surface area contributed by atoms with E-state index in [0.717, 1.165) is 29.5 Å². The summed E-state index contributed by atoms with van der Waals surface area (Å²) in [6, 6.07) is 11.9. The van der Waals surface area contributed by atoms with Crippen LogP contribution < -0.4 is 4.74 Å². The lowest BCUT2D eigenvalue weighted by molar-refractivity contribution is -0.139. The van der Waals surface area contributed by atoms with Gasteiger partial charge in [-0.05, 0) is 48.1 Å². The van der Waals surface area contributed by atoms with E-state index in [0.29, 0.717) is 17.9 Å². The van der Waals surface area contributed by atoms with Gasteiger partial charge in [0.25, 0.3) is 0 Å². The summed E-state index contributed by atoms with van der Waals surface area (Å²) in [6.07, 6.45) is 4.44. The molecular weight excluding hydrogens is 399 g/mol. The second-order valence-corrected chi connectivity index (χ2v) is 8.12. The zero-order chi connectivity index (χ0) is 19.9. The lowest BCUT2D eigenvalue weighted by Crippen LogP contribution is -2.28. The van der Waals surface area contributed by atoms with Gasteiger partial charge in [-0.2, -0.15) is 0 Å². The Bertz CT molecular complexity index is 997. The van der Waals surface area contributed by atoms with Gasteiger partial charge in [0.1, 0.15) is 10.8 Å². The first-order valence-corrected chi connectivity index (χ1v) is 9.80. The molecule has 0 heterocycles. The van der Waals surface area contributed by atoms with Crippen molar-refractivity contribution in [2.45, 2.75) is 25.7 Å². The summed E-state index contributed by atoms with van der Waals surface area (Å²) in [5.41, 5.74) is 3.63. The van der Waals surface area contributed by atoms with E-state index in [9.17, 15) is 9.59 Å². The third-order valence-electron chi connectivity index (χ3n) is 5.52. The van der Waals surface area contributed by atoms with E-state index < -0.39 is 12.6 Å². The van der Waals surface area contributed by atoms with E-state index in [4.69, 9.17) is 33.0 Å². The molecular formula is C22H18Cl2O4. The van der Waals surface area contributed by atoms with Crippen LogP contribution in [-0.2, 0) is 22.4 Å². The van der Waals surface area contributed by atoms with Gasteiger partial charge in [-0.3, -0.25) is 4.79 Å². The molecule has 0 saturated heterocycles. The first-order chi connectivity index (χ1) is 13.4. The number of hydrogen-bond acceptors (Lipinski definition) is 3. The van der Waals surface area contributed by atoms with Gasteiger partial charge in [-0.15, -0.1) is 0 Å². The molecule has 144 valence electrons. The minimum absolute atomic E-state index is 0.0879. The van der Waals surface area contributed by atoms with Crippen LogP contribution in [0.2, 0.25) is 10.0 Å². The van der Waals surface area contributed by atoms with Crippen molar-refractivity contribution in [1.29, 1.82) is 0 Å². The SMILES string of the molecule is O=C(O)COc1cc2c(c(Cl)c1Cl)C1=CC(=O)CCC1(Cc1ccccc1)C2. The topological polar surface area (TPSA) is 63.6 Å². The molecule has 0 fully saturated rings. The average Bonchev–Trinajstić information content (AvgIpc) is 2.97. The van der Waals surface area contributed by atoms with Crippen molar-refractivity contribution in [3.8, 4) is 5.75 Å². The van der Waals surface area contributed by atoms with Crippen molar-refractivity contribution in [3.63, 3.8) is 0 Å². The van der Waals surface area contributed by atoms with E-state index in [-0.39, 0.29) is 22.0 Å². The molecule has 2 aromatic carbocycles.